The van der Waals surface area contributed by atoms with Crippen LogP contribution in [-0.4, -0.2) is 24.5 Å². The van der Waals surface area contributed by atoms with Crippen LogP contribution in [0.3, 0.4) is 0 Å². The largest absolute Gasteiger partial charge is 0.452 e. The van der Waals surface area contributed by atoms with Gasteiger partial charge in [0.2, 0.25) is 0 Å². The lowest BCUT2D eigenvalue weighted by atomic mass is 10.00. The van der Waals surface area contributed by atoms with Crippen molar-refractivity contribution >= 4 is 11.9 Å². The first kappa shape index (κ1) is 18.7. The summed E-state index contributed by atoms with van der Waals surface area (Å²) in [7, 11) is 0. The summed E-state index contributed by atoms with van der Waals surface area (Å²) < 4.78 is 5.20. The van der Waals surface area contributed by atoms with Gasteiger partial charge >= 0.3 is 5.97 Å². The maximum Gasteiger partial charge on any atom is 0.338 e. The summed E-state index contributed by atoms with van der Waals surface area (Å²) in [5.41, 5.74) is 2.51. The molecular weight excluding hydrogens is 314 g/mol. The van der Waals surface area contributed by atoms with Crippen LogP contribution < -0.4 is 5.32 Å². The summed E-state index contributed by atoms with van der Waals surface area (Å²) in [6.45, 7) is 3.75. The number of carbonyl (C=O) groups excluding carboxylic acids is 2. The van der Waals surface area contributed by atoms with Gasteiger partial charge in [-0.05, 0) is 37.0 Å². The Bertz CT molecular complexity index is 697. The van der Waals surface area contributed by atoms with Gasteiger partial charge in [-0.15, -0.1) is 0 Å². The molecule has 0 aliphatic carbocycles. The third kappa shape index (κ3) is 6.07. The van der Waals surface area contributed by atoms with Crippen LogP contribution in [0.1, 0.15) is 48.2 Å². The molecule has 0 aliphatic rings. The van der Waals surface area contributed by atoms with Crippen LogP contribution >= 0.6 is 0 Å². The molecule has 0 bridgehead atoms. The number of carbonyl (C=O) groups is 2. The van der Waals surface area contributed by atoms with Crippen LogP contribution in [0.2, 0.25) is 0 Å². The lowest BCUT2D eigenvalue weighted by molar-refractivity contribution is -0.124. The van der Waals surface area contributed by atoms with Gasteiger partial charge in [-0.1, -0.05) is 61.9 Å². The van der Waals surface area contributed by atoms with Gasteiger partial charge in [0.1, 0.15) is 0 Å². The zero-order valence-corrected chi connectivity index (χ0v) is 14.8. The minimum Gasteiger partial charge on any atom is -0.452 e. The third-order valence-electron chi connectivity index (χ3n) is 3.94. The average molecular weight is 339 g/mol. The molecular formula is C21H25NO3. The van der Waals surface area contributed by atoms with Crippen LogP contribution in [-0.2, 0) is 16.0 Å². The van der Waals surface area contributed by atoms with E-state index in [0.717, 1.165) is 24.0 Å². The molecule has 0 spiro atoms. The number of rotatable bonds is 8. The summed E-state index contributed by atoms with van der Waals surface area (Å²) in [4.78, 5) is 24.2. The summed E-state index contributed by atoms with van der Waals surface area (Å²) in [5.74, 6) is -0.736. The summed E-state index contributed by atoms with van der Waals surface area (Å²) >= 11 is 0. The normalized spacial score (nSPS) is 11.6. The van der Waals surface area contributed by atoms with Crippen molar-refractivity contribution < 1.29 is 14.3 Å². The molecule has 0 unspecified atom stereocenters. The smallest absolute Gasteiger partial charge is 0.338 e. The van der Waals surface area contributed by atoms with Crippen molar-refractivity contribution in [2.45, 2.75) is 39.2 Å². The zero-order chi connectivity index (χ0) is 18.1. The van der Waals surface area contributed by atoms with Crippen LogP contribution in [0.25, 0.3) is 0 Å². The second kappa shape index (κ2) is 9.62. The van der Waals surface area contributed by atoms with Gasteiger partial charge in [0.15, 0.2) is 6.61 Å². The number of benzene rings is 2. The highest BCUT2D eigenvalue weighted by Gasteiger charge is 2.15. The van der Waals surface area contributed by atoms with Crippen molar-refractivity contribution in [1.29, 1.82) is 0 Å². The summed E-state index contributed by atoms with van der Waals surface area (Å²) in [5, 5.41) is 2.83. The van der Waals surface area contributed by atoms with Gasteiger partial charge in [0.05, 0.1) is 5.56 Å². The predicted molar refractivity (Wildman–Crippen MR) is 98.5 cm³/mol. The minimum absolute atomic E-state index is 0.0848. The fourth-order valence-electron chi connectivity index (χ4n) is 2.72. The van der Waals surface area contributed by atoms with E-state index in [4.69, 9.17) is 4.74 Å². The molecule has 2 aromatic rings. The van der Waals surface area contributed by atoms with Crippen molar-refractivity contribution in [3.63, 3.8) is 0 Å². The maximum absolute atomic E-state index is 12.4. The number of hydrogen-bond donors (Lipinski definition) is 1. The number of esters is 1. The third-order valence-corrected chi connectivity index (χ3v) is 3.94. The van der Waals surface area contributed by atoms with E-state index in [0.29, 0.717) is 12.0 Å². The molecule has 0 fully saturated rings. The molecule has 1 atom stereocenters. The van der Waals surface area contributed by atoms with Gasteiger partial charge in [-0.25, -0.2) is 4.79 Å². The second-order valence-electron chi connectivity index (χ2n) is 6.15. The number of amides is 1. The van der Waals surface area contributed by atoms with Crippen molar-refractivity contribution in [2.75, 3.05) is 6.61 Å². The van der Waals surface area contributed by atoms with E-state index in [1.165, 1.54) is 0 Å². The molecule has 0 aliphatic heterocycles. The molecule has 4 nitrogen and oxygen atoms in total. The van der Waals surface area contributed by atoms with E-state index in [9.17, 15) is 9.59 Å². The molecule has 2 aromatic carbocycles. The topological polar surface area (TPSA) is 55.4 Å². The Labute approximate surface area is 149 Å². The fraction of sp³-hybridized carbons (Fsp3) is 0.333. The monoisotopic (exact) mass is 339 g/mol. The van der Waals surface area contributed by atoms with Gasteiger partial charge in [0, 0.05) is 6.04 Å². The molecule has 132 valence electrons. The second-order valence-corrected chi connectivity index (χ2v) is 6.15. The Morgan fingerprint density at radius 2 is 1.72 bits per heavy atom. The Kier molecular flexibility index (Phi) is 7.20. The van der Waals surface area contributed by atoms with Crippen LogP contribution in [0.15, 0.2) is 54.6 Å². The van der Waals surface area contributed by atoms with Gasteiger partial charge in [-0.3, -0.25) is 4.79 Å². The first-order valence-electron chi connectivity index (χ1n) is 8.68. The van der Waals surface area contributed by atoms with Crippen molar-refractivity contribution in [2.24, 2.45) is 0 Å². The Balaban J connectivity index is 1.96. The van der Waals surface area contributed by atoms with E-state index in [1.54, 1.807) is 12.1 Å². The van der Waals surface area contributed by atoms with Gasteiger partial charge < -0.3 is 10.1 Å². The van der Waals surface area contributed by atoms with Crippen molar-refractivity contribution in [3.05, 3.63) is 71.3 Å². The SMILES string of the molecule is CCC[C@H](C)NC(=O)COC(=O)c1ccccc1Cc1ccccc1. The molecule has 1 N–H and O–H groups in total. The Morgan fingerprint density at radius 3 is 2.44 bits per heavy atom. The fourth-order valence-corrected chi connectivity index (χ4v) is 2.72. The molecule has 0 saturated carbocycles. The number of hydrogen-bond acceptors (Lipinski definition) is 3. The van der Waals surface area contributed by atoms with Gasteiger partial charge in [0.25, 0.3) is 5.91 Å². The average Bonchev–Trinajstić information content (AvgIpc) is 2.61. The van der Waals surface area contributed by atoms with E-state index < -0.39 is 5.97 Å². The van der Waals surface area contributed by atoms with E-state index in [1.807, 2.05) is 49.4 Å². The molecule has 4 heteroatoms. The minimum atomic E-state index is -0.468. The van der Waals surface area contributed by atoms with Gasteiger partial charge in [-0.2, -0.15) is 0 Å². The molecule has 25 heavy (non-hydrogen) atoms. The predicted octanol–water partition coefficient (Wildman–Crippen LogP) is 3.74. The lowest BCUT2D eigenvalue weighted by Gasteiger charge is -2.13. The number of nitrogens with one attached hydrogen (secondary N) is 1. The lowest BCUT2D eigenvalue weighted by Crippen LogP contribution is -2.35. The molecule has 0 radical (unpaired) electrons. The molecule has 2 rings (SSSR count). The number of ether oxygens (including phenoxy) is 1. The van der Waals surface area contributed by atoms with E-state index >= 15 is 0 Å². The molecule has 1 amide bonds. The highest BCUT2D eigenvalue weighted by molar-refractivity contribution is 5.92. The zero-order valence-electron chi connectivity index (χ0n) is 14.8. The van der Waals surface area contributed by atoms with Crippen LogP contribution in [0, 0.1) is 0 Å². The molecule has 0 heterocycles. The van der Waals surface area contributed by atoms with Crippen molar-refractivity contribution in [3.8, 4) is 0 Å². The molecule has 0 saturated heterocycles. The highest BCUT2D eigenvalue weighted by atomic mass is 16.5. The van der Waals surface area contributed by atoms with E-state index in [2.05, 4.69) is 12.2 Å². The maximum atomic E-state index is 12.4. The summed E-state index contributed by atoms with van der Waals surface area (Å²) in [6.07, 6.45) is 2.54. The molecule has 0 aromatic heterocycles. The summed E-state index contributed by atoms with van der Waals surface area (Å²) in [6, 6.07) is 17.4. The first-order valence-corrected chi connectivity index (χ1v) is 8.68. The Morgan fingerprint density at radius 1 is 1.04 bits per heavy atom. The standard InChI is InChI=1S/C21H25NO3/c1-3-9-16(2)22-20(23)15-25-21(24)19-13-8-7-12-18(19)14-17-10-5-4-6-11-17/h4-8,10-13,16H,3,9,14-15H2,1-2H3,(H,22,23)/t16-/m0/s1. The van der Waals surface area contributed by atoms with Crippen molar-refractivity contribution in [1.82, 2.24) is 5.32 Å². The Hall–Kier alpha value is -2.62. The van der Waals surface area contributed by atoms with Crippen LogP contribution in [0.4, 0.5) is 0 Å². The van der Waals surface area contributed by atoms with Crippen LogP contribution in [0.5, 0.6) is 0 Å². The quantitative estimate of drug-likeness (QED) is 0.746. The van der Waals surface area contributed by atoms with E-state index in [-0.39, 0.29) is 18.6 Å². The first-order chi connectivity index (χ1) is 12.1. The highest BCUT2D eigenvalue weighted by Crippen LogP contribution is 2.15.